The second kappa shape index (κ2) is 3.05. The molecule has 1 aliphatic rings. The van der Waals surface area contributed by atoms with Crippen LogP contribution < -0.4 is 5.32 Å². The molecule has 0 saturated carbocycles. The summed E-state index contributed by atoms with van der Waals surface area (Å²) >= 11 is 0. The van der Waals surface area contributed by atoms with Crippen molar-refractivity contribution >= 4 is 0 Å². The second-order valence-corrected chi connectivity index (χ2v) is 2.93. The molecule has 0 aromatic carbocycles. The minimum absolute atomic E-state index is 0.288. The van der Waals surface area contributed by atoms with E-state index >= 15 is 0 Å². The third-order valence-electron chi connectivity index (χ3n) is 1.95. The second-order valence-electron chi connectivity index (χ2n) is 2.93. The van der Waals surface area contributed by atoms with Gasteiger partial charge in [0.05, 0.1) is 6.04 Å². The van der Waals surface area contributed by atoms with E-state index in [2.05, 4.69) is 30.1 Å². The quantitative estimate of drug-likeness (QED) is 0.471. The summed E-state index contributed by atoms with van der Waals surface area (Å²) in [5.74, 6) is 2.74. The molecule has 56 valence electrons. The molecule has 0 radical (unpaired) electrons. The first-order valence-electron chi connectivity index (χ1n) is 3.64. The summed E-state index contributed by atoms with van der Waals surface area (Å²) in [6.45, 7) is 4.15. The average Bonchev–Trinajstić information content (AvgIpc) is 1.88. The Balaban J connectivity index is 2.45. The van der Waals surface area contributed by atoms with E-state index in [9.17, 15) is 0 Å². The molecule has 0 spiro atoms. The number of terminal acetylenes is 1. The lowest BCUT2D eigenvalue weighted by atomic mass is 10.1. The zero-order valence-corrected chi connectivity index (χ0v) is 6.59. The van der Waals surface area contributed by atoms with E-state index in [0.717, 1.165) is 13.1 Å². The number of rotatable bonds is 0. The smallest absolute Gasteiger partial charge is 0.0836 e. The Morgan fingerprint density at radius 3 is 2.90 bits per heavy atom. The van der Waals surface area contributed by atoms with Crippen molar-refractivity contribution in [3.05, 3.63) is 0 Å². The molecule has 1 rings (SSSR count). The van der Waals surface area contributed by atoms with Gasteiger partial charge >= 0.3 is 0 Å². The maximum Gasteiger partial charge on any atom is 0.0836 e. The predicted octanol–water partition coefficient (Wildman–Crippen LogP) is -0.0883. The van der Waals surface area contributed by atoms with Crippen LogP contribution in [0.4, 0.5) is 0 Å². The Hall–Kier alpha value is -0.520. The Labute approximate surface area is 62.6 Å². The molecule has 2 atom stereocenters. The van der Waals surface area contributed by atoms with Crippen molar-refractivity contribution < 1.29 is 0 Å². The topological polar surface area (TPSA) is 15.3 Å². The third kappa shape index (κ3) is 1.50. The molecule has 2 nitrogen and oxygen atoms in total. The summed E-state index contributed by atoms with van der Waals surface area (Å²) in [5.41, 5.74) is 0. The summed E-state index contributed by atoms with van der Waals surface area (Å²) < 4.78 is 0. The standard InChI is InChI=1S/C8H14N2/c1-4-8-5-9-7(2)6-10(8)3/h1,7-9H,5-6H2,2-3H3/t7-,8-/m1/s1. The van der Waals surface area contributed by atoms with Crippen LogP contribution in [0.3, 0.4) is 0 Å². The number of likely N-dealkylation sites (N-methyl/N-ethyl adjacent to an activating group) is 1. The number of hydrogen-bond acceptors (Lipinski definition) is 2. The van der Waals surface area contributed by atoms with Crippen LogP contribution in [0, 0.1) is 12.3 Å². The third-order valence-corrected chi connectivity index (χ3v) is 1.95. The Kier molecular flexibility index (Phi) is 2.31. The predicted molar refractivity (Wildman–Crippen MR) is 42.7 cm³/mol. The van der Waals surface area contributed by atoms with Crippen LogP contribution in [0.15, 0.2) is 0 Å². The van der Waals surface area contributed by atoms with Gasteiger partial charge in [0, 0.05) is 19.1 Å². The van der Waals surface area contributed by atoms with Gasteiger partial charge in [-0.3, -0.25) is 4.90 Å². The van der Waals surface area contributed by atoms with Crippen molar-refractivity contribution in [2.45, 2.75) is 19.0 Å². The number of nitrogens with zero attached hydrogens (tertiary/aromatic N) is 1. The molecule has 0 bridgehead atoms. The van der Waals surface area contributed by atoms with E-state index in [0.29, 0.717) is 6.04 Å². The van der Waals surface area contributed by atoms with Crippen LogP contribution in [0.2, 0.25) is 0 Å². The lowest BCUT2D eigenvalue weighted by molar-refractivity contribution is 0.207. The Bertz CT molecular complexity index is 148. The molecule has 0 aromatic heterocycles. The van der Waals surface area contributed by atoms with Crippen molar-refractivity contribution in [3.8, 4) is 12.3 Å². The summed E-state index contributed by atoms with van der Waals surface area (Å²) in [5, 5.41) is 3.33. The Morgan fingerprint density at radius 1 is 1.70 bits per heavy atom. The van der Waals surface area contributed by atoms with Crippen molar-refractivity contribution in [1.82, 2.24) is 10.2 Å². The first-order valence-corrected chi connectivity index (χ1v) is 3.64. The highest BCUT2D eigenvalue weighted by atomic mass is 15.2. The highest BCUT2D eigenvalue weighted by Crippen LogP contribution is 2.01. The summed E-state index contributed by atoms with van der Waals surface area (Å²) in [4.78, 5) is 2.21. The molecule has 1 saturated heterocycles. The summed E-state index contributed by atoms with van der Waals surface area (Å²) in [7, 11) is 2.07. The minimum atomic E-state index is 0.288. The van der Waals surface area contributed by atoms with Crippen molar-refractivity contribution in [2.24, 2.45) is 0 Å². The molecule has 1 N–H and O–H groups in total. The molecule has 1 fully saturated rings. The fourth-order valence-electron chi connectivity index (χ4n) is 1.28. The largest absolute Gasteiger partial charge is 0.310 e. The van der Waals surface area contributed by atoms with Crippen molar-refractivity contribution in [3.63, 3.8) is 0 Å². The molecule has 0 aromatic rings. The lowest BCUT2D eigenvalue weighted by Crippen LogP contribution is -2.53. The summed E-state index contributed by atoms with van der Waals surface area (Å²) in [6, 6.07) is 0.866. The summed E-state index contributed by atoms with van der Waals surface area (Å²) in [6.07, 6.45) is 5.31. The maximum atomic E-state index is 5.31. The first kappa shape index (κ1) is 7.59. The van der Waals surface area contributed by atoms with Crippen LogP contribution in [-0.4, -0.2) is 37.1 Å². The molecule has 2 heteroatoms. The van der Waals surface area contributed by atoms with Crippen LogP contribution in [-0.2, 0) is 0 Å². The molecule has 1 aliphatic heterocycles. The van der Waals surface area contributed by atoms with Gasteiger partial charge in [0.25, 0.3) is 0 Å². The van der Waals surface area contributed by atoms with Gasteiger partial charge in [-0.15, -0.1) is 6.42 Å². The van der Waals surface area contributed by atoms with E-state index in [1.807, 2.05) is 0 Å². The van der Waals surface area contributed by atoms with Gasteiger partial charge in [-0.2, -0.15) is 0 Å². The number of nitrogens with one attached hydrogen (secondary N) is 1. The number of hydrogen-bond donors (Lipinski definition) is 1. The van der Waals surface area contributed by atoms with Crippen LogP contribution in [0.1, 0.15) is 6.92 Å². The van der Waals surface area contributed by atoms with Gasteiger partial charge in [0.1, 0.15) is 0 Å². The first-order chi connectivity index (χ1) is 4.74. The fourth-order valence-corrected chi connectivity index (χ4v) is 1.28. The highest BCUT2D eigenvalue weighted by Gasteiger charge is 2.19. The average molecular weight is 138 g/mol. The molecule has 0 amide bonds. The van der Waals surface area contributed by atoms with E-state index in [-0.39, 0.29) is 6.04 Å². The highest BCUT2D eigenvalue weighted by molar-refractivity contribution is 5.03. The molecular weight excluding hydrogens is 124 g/mol. The molecule has 1 heterocycles. The monoisotopic (exact) mass is 138 g/mol. The van der Waals surface area contributed by atoms with Gasteiger partial charge in [-0.1, -0.05) is 5.92 Å². The number of piperazine rings is 1. The lowest BCUT2D eigenvalue weighted by Gasteiger charge is -2.33. The van der Waals surface area contributed by atoms with E-state index in [1.54, 1.807) is 0 Å². The van der Waals surface area contributed by atoms with Crippen LogP contribution in [0.5, 0.6) is 0 Å². The SMILES string of the molecule is C#C[C@@H]1CN[C@H](C)CN1C. The maximum absolute atomic E-state index is 5.31. The van der Waals surface area contributed by atoms with Gasteiger partial charge in [0.2, 0.25) is 0 Å². The molecule has 10 heavy (non-hydrogen) atoms. The van der Waals surface area contributed by atoms with Gasteiger partial charge < -0.3 is 5.32 Å². The van der Waals surface area contributed by atoms with E-state index in [1.165, 1.54) is 0 Å². The Morgan fingerprint density at radius 2 is 2.40 bits per heavy atom. The van der Waals surface area contributed by atoms with E-state index < -0.39 is 0 Å². The minimum Gasteiger partial charge on any atom is -0.310 e. The zero-order valence-electron chi connectivity index (χ0n) is 6.59. The van der Waals surface area contributed by atoms with Gasteiger partial charge in [-0.25, -0.2) is 0 Å². The molecule has 0 aliphatic carbocycles. The molecular formula is C8H14N2. The van der Waals surface area contributed by atoms with Crippen LogP contribution >= 0.6 is 0 Å². The normalized spacial score (nSPS) is 35.3. The zero-order chi connectivity index (χ0) is 7.56. The van der Waals surface area contributed by atoms with E-state index in [4.69, 9.17) is 6.42 Å². The van der Waals surface area contributed by atoms with Gasteiger partial charge in [0.15, 0.2) is 0 Å². The van der Waals surface area contributed by atoms with Crippen LogP contribution in [0.25, 0.3) is 0 Å². The van der Waals surface area contributed by atoms with Gasteiger partial charge in [-0.05, 0) is 14.0 Å². The molecule has 0 unspecified atom stereocenters. The van der Waals surface area contributed by atoms with Crippen molar-refractivity contribution in [1.29, 1.82) is 0 Å². The fraction of sp³-hybridized carbons (Fsp3) is 0.750. The van der Waals surface area contributed by atoms with Crippen molar-refractivity contribution in [2.75, 3.05) is 20.1 Å².